The van der Waals surface area contributed by atoms with Gasteiger partial charge in [-0.25, -0.2) is 0 Å². The summed E-state index contributed by atoms with van der Waals surface area (Å²) in [4.78, 5) is 0. The number of hydrogen-bond donors (Lipinski definition) is 1. The lowest BCUT2D eigenvalue weighted by Gasteiger charge is -2.27. The van der Waals surface area contributed by atoms with E-state index in [2.05, 4.69) is 19.2 Å². The molecule has 2 unspecified atom stereocenters. The Morgan fingerprint density at radius 2 is 2.29 bits per heavy atom. The van der Waals surface area contributed by atoms with Crippen molar-refractivity contribution >= 4 is 0 Å². The molecule has 14 heavy (non-hydrogen) atoms. The molecule has 1 rings (SSSR count). The van der Waals surface area contributed by atoms with Crippen molar-refractivity contribution in [3.63, 3.8) is 0 Å². The van der Waals surface area contributed by atoms with Crippen molar-refractivity contribution in [2.24, 2.45) is 5.92 Å². The first kappa shape index (κ1) is 12.0. The van der Waals surface area contributed by atoms with Crippen LogP contribution in [0, 0.1) is 5.92 Å². The summed E-state index contributed by atoms with van der Waals surface area (Å²) in [6.45, 7) is 7.56. The standard InChI is InChI=1S/C12H25NO/c1-3-5-6-11(4-2)9-12-10-13-7-8-14-12/h11-13H,3-10H2,1-2H3. The molecule has 1 fully saturated rings. The van der Waals surface area contributed by atoms with Crippen molar-refractivity contribution in [1.29, 1.82) is 0 Å². The fourth-order valence-corrected chi connectivity index (χ4v) is 2.12. The minimum absolute atomic E-state index is 0.477. The van der Waals surface area contributed by atoms with Crippen LogP contribution in [0.2, 0.25) is 0 Å². The highest BCUT2D eigenvalue weighted by Crippen LogP contribution is 2.20. The Kier molecular flexibility index (Phi) is 6.20. The van der Waals surface area contributed by atoms with E-state index in [-0.39, 0.29) is 0 Å². The zero-order valence-corrected chi connectivity index (χ0v) is 9.72. The first-order valence-corrected chi connectivity index (χ1v) is 6.19. The molecule has 1 heterocycles. The van der Waals surface area contributed by atoms with Crippen LogP contribution in [0.5, 0.6) is 0 Å². The molecule has 1 aliphatic rings. The van der Waals surface area contributed by atoms with Crippen LogP contribution in [0.4, 0.5) is 0 Å². The maximum absolute atomic E-state index is 5.73. The Bertz CT molecular complexity index is 132. The molecule has 0 spiro atoms. The average molecular weight is 199 g/mol. The van der Waals surface area contributed by atoms with Crippen LogP contribution in [0.1, 0.15) is 46.0 Å². The summed E-state index contributed by atoms with van der Waals surface area (Å²) in [6, 6.07) is 0. The van der Waals surface area contributed by atoms with Crippen LogP contribution < -0.4 is 5.32 Å². The minimum Gasteiger partial charge on any atom is -0.376 e. The largest absolute Gasteiger partial charge is 0.376 e. The molecule has 2 nitrogen and oxygen atoms in total. The van der Waals surface area contributed by atoms with E-state index in [4.69, 9.17) is 4.74 Å². The SMILES string of the molecule is CCCCC(CC)CC1CNCCO1. The van der Waals surface area contributed by atoms with E-state index in [1.54, 1.807) is 0 Å². The predicted octanol–water partition coefficient (Wildman–Crippen LogP) is 2.58. The van der Waals surface area contributed by atoms with Crippen LogP contribution in [0.3, 0.4) is 0 Å². The van der Waals surface area contributed by atoms with E-state index in [9.17, 15) is 0 Å². The van der Waals surface area contributed by atoms with Gasteiger partial charge in [0.25, 0.3) is 0 Å². The number of unbranched alkanes of at least 4 members (excludes halogenated alkanes) is 1. The number of ether oxygens (including phenoxy) is 1. The molecule has 84 valence electrons. The van der Waals surface area contributed by atoms with Gasteiger partial charge in [0.05, 0.1) is 12.7 Å². The Morgan fingerprint density at radius 3 is 2.86 bits per heavy atom. The molecule has 0 saturated carbocycles. The number of morpholine rings is 1. The quantitative estimate of drug-likeness (QED) is 0.710. The summed E-state index contributed by atoms with van der Waals surface area (Å²) in [5.74, 6) is 0.875. The van der Waals surface area contributed by atoms with Gasteiger partial charge in [0.1, 0.15) is 0 Å². The lowest BCUT2D eigenvalue weighted by molar-refractivity contribution is 0.0121. The topological polar surface area (TPSA) is 21.3 Å². The average Bonchev–Trinajstić information content (AvgIpc) is 2.25. The molecular formula is C12H25NO. The lowest BCUT2D eigenvalue weighted by atomic mass is 9.93. The molecule has 0 aromatic carbocycles. The highest BCUT2D eigenvalue weighted by molar-refractivity contribution is 4.71. The van der Waals surface area contributed by atoms with Gasteiger partial charge in [0, 0.05) is 13.1 Å². The van der Waals surface area contributed by atoms with E-state index in [1.165, 1.54) is 32.1 Å². The van der Waals surface area contributed by atoms with Crippen molar-refractivity contribution in [3.05, 3.63) is 0 Å². The Hall–Kier alpha value is -0.0800. The minimum atomic E-state index is 0.477. The van der Waals surface area contributed by atoms with Crippen LogP contribution in [-0.2, 0) is 4.74 Å². The summed E-state index contributed by atoms with van der Waals surface area (Å²) in [5.41, 5.74) is 0. The van der Waals surface area contributed by atoms with Gasteiger partial charge < -0.3 is 10.1 Å². The molecule has 0 aromatic heterocycles. The first-order chi connectivity index (χ1) is 6.86. The second kappa shape index (κ2) is 7.24. The fraction of sp³-hybridized carbons (Fsp3) is 1.00. The summed E-state index contributed by atoms with van der Waals surface area (Å²) in [5, 5.41) is 3.40. The van der Waals surface area contributed by atoms with Gasteiger partial charge in [-0.15, -0.1) is 0 Å². The Morgan fingerprint density at radius 1 is 1.43 bits per heavy atom. The Balaban J connectivity index is 2.16. The first-order valence-electron chi connectivity index (χ1n) is 6.19. The number of nitrogens with one attached hydrogen (secondary N) is 1. The van der Waals surface area contributed by atoms with E-state index in [1.807, 2.05) is 0 Å². The molecule has 2 heteroatoms. The van der Waals surface area contributed by atoms with Crippen LogP contribution in [-0.4, -0.2) is 25.8 Å². The summed E-state index contributed by atoms with van der Waals surface area (Å²) >= 11 is 0. The van der Waals surface area contributed by atoms with E-state index < -0.39 is 0 Å². The highest BCUT2D eigenvalue weighted by atomic mass is 16.5. The molecule has 2 atom stereocenters. The maximum atomic E-state index is 5.73. The van der Waals surface area contributed by atoms with E-state index in [0.717, 1.165) is 25.6 Å². The predicted molar refractivity (Wildman–Crippen MR) is 60.5 cm³/mol. The second-order valence-corrected chi connectivity index (χ2v) is 4.35. The van der Waals surface area contributed by atoms with Crippen molar-refractivity contribution in [1.82, 2.24) is 5.32 Å². The summed E-state index contributed by atoms with van der Waals surface area (Å²) in [7, 11) is 0. The van der Waals surface area contributed by atoms with Crippen molar-refractivity contribution in [2.75, 3.05) is 19.7 Å². The molecule has 1 N–H and O–H groups in total. The fourth-order valence-electron chi connectivity index (χ4n) is 2.12. The van der Waals surface area contributed by atoms with Crippen molar-refractivity contribution < 1.29 is 4.74 Å². The van der Waals surface area contributed by atoms with Crippen LogP contribution >= 0.6 is 0 Å². The lowest BCUT2D eigenvalue weighted by Crippen LogP contribution is -2.39. The zero-order chi connectivity index (χ0) is 10.2. The van der Waals surface area contributed by atoms with Crippen molar-refractivity contribution in [3.8, 4) is 0 Å². The molecule has 0 radical (unpaired) electrons. The number of hydrogen-bond acceptors (Lipinski definition) is 2. The van der Waals surface area contributed by atoms with Gasteiger partial charge in [-0.05, 0) is 12.3 Å². The highest BCUT2D eigenvalue weighted by Gasteiger charge is 2.17. The third kappa shape index (κ3) is 4.43. The summed E-state index contributed by atoms with van der Waals surface area (Å²) in [6.07, 6.45) is 7.11. The smallest absolute Gasteiger partial charge is 0.0702 e. The van der Waals surface area contributed by atoms with Crippen molar-refractivity contribution in [2.45, 2.75) is 52.1 Å². The summed E-state index contributed by atoms with van der Waals surface area (Å²) < 4.78 is 5.73. The third-order valence-electron chi connectivity index (χ3n) is 3.14. The molecule has 1 saturated heterocycles. The molecule has 0 amide bonds. The third-order valence-corrected chi connectivity index (χ3v) is 3.14. The van der Waals surface area contributed by atoms with E-state index >= 15 is 0 Å². The van der Waals surface area contributed by atoms with Gasteiger partial charge >= 0.3 is 0 Å². The van der Waals surface area contributed by atoms with E-state index in [0.29, 0.717) is 6.10 Å². The maximum Gasteiger partial charge on any atom is 0.0702 e. The van der Waals surface area contributed by atoms with Gasteiger partial charge in [-0.1, -0.05) is 39.5 Å². The molecule has 0 aliphatic carbocycles. The monoisotopic (exact) mass is 199 g/mol. The van der Waals surface area contributed by atoms with Crippen LogP contribution in [0.15, 0.2) is 0 Å². The molecule has 0 bridgehead atoms. The molecular weight excluding hydrogens is 174 g/mol. The van der Waals surface area contributed by atoms with Gasteiger partial charge in [0.2, 0.25) is 0 Å². The number of rotatable bonds is 6. The Labute approximate surface area is 88.4 Å². The van der Waals surface area contributed by atoms with Crippen LogP contribution in [0.25, 0.3) is 0 Å². The molecule has 0 aromatic rings. The van der Waals surface area contributed by atoms with Gasteiger partial charge in [-0.3, -0.25) is 0 Å². The molecule has 1 aliphatic heterocycles. The van der Waals surface area contributed by atoms with Gasteiger partial charge in [-0.2, -0.15) is 0 Å². The zero-order valence-electron chi connectivity index (χ0n) is 9.72. The normalized spacial score (nSPS) is 24.9. The van der Waals surface area contributed by atoms with Gasteiger partial charge in [0.15, 0.2) is 0 Å². The second-order valence-electron chi connectivity index (χ2n) is 4.35.